The molecular weight excluding hydrogens is 381 g/mol. The van der Waals surface area contributed by atoms with Crippen LogP contribution in [0.1, 0.15) is 5.69 Å². The number of quaternary nitrogens is 1. The normalized spacial score (nSPS) is 11.6. The van der Waals surface area contributed by atoms with Crippen molar-refractivity contribution in [2.24, 2.45) is 0 Å². The summed E-state index contributed by atoms with van der Waals surface area (Å²) in [4.78, 5) is 5.87. The summed E-state index contributed by atoms with van der Waals surface area (Å²) in [7, 11) is 6.63. The third-order valence-corrected chi connectivity index (χ3v) is 3.79. The molecule has 0 spiro atoms. The van der Waals surface area contributed by atoms with Crippen molar-refractivity contribution < 1.29 is 28.5 Å². The number of hydrogen-bond acceptors (Lipinski definition) is 2. The Morgan fingerprint density at radius 3 is 2.50 bits per heavy atom. The molecule has 106 valence electrons. The zero-order valence-corrected chi connectivity index (χ0v) is 14.9. The minimum Gasteiger partial charge on any atom is -1.00 e. The quantitative estimate of drug-likeness (QED) is 0.457. The largest absolute Gasteiger partial charge is 1.00 e. The predicted octanol–water partition coefficient (Wildman–Crippen LogP) is 0.273. The standard InChI is InChI=1S/C15H18N3S.HI/c1-18(2,3)11-13-14(12-7-5-4-6-8-12)16-15-17(13)9-10-19-15;/h4-10H,11H2,1-3H3;1H/q+1;/p-1. The third kappa shape index (κ3) is 3.05. The predicted molar refractivity (Wildman–Crippen MR) is 80.2 cm³/mol. The van der Waals surface area contributed by atoms with Crippen LogP contribution in [-0.2, 0) is 6.54 Å². The van der Waals surface area contributed by atoms with Gasteiger partial charge < -0.3 is 28.5 Å². The van der Waals surface area contributed by atoms with Gasteiger partial charge in [-0.05, 0) is 0 Å². The molecule has 0 aliphatic carbocycles. The smallest absolute Gasteiger partial charge is 0.194 e. The van der Waals surface area contributed by atoms with Gasteiger partial charge in [-0.25, -0.2) is 4.98 Å². The van der Waals surface area contributed by atoms with E-state index < -0.39 is 0 Å². The van der Waals surface area contributed by atoms with E-state index in [-0.39, 0.29) is 24.0 Å². The molecule has 3 rings (SSSR count). The molecule has 0 bridgehead atoms. The van der Waals surface area contributed by atoms with Crippen molar-refractivity contribution in [1.29, 1.82) is 0 Å². The number of halogens is 1. The van der Waals surface area contributed by atoms with Crippen LogP contribution in [0.2, 0.25) is 0 Å². The molecule has 5 heteroatoms. The zero-order chi connectivity index (χ0) is 13.5. The van der Waals surface area contributed by atoms with Crippen LogP contribution in [0.25, 0.3) is 16.2 Å². The highest BCUT2D eigenvalue weighted by Crippen LogP contribution is 2.27. The lowest BCUT2D eigenvalue weighted by Crippen LogP contribution is -3.00. The summed E-state index contributed by atoms with van der Waals surface area (Å²) in [5, 5.41) is 2.09. The first-order chi connectivity index (χ1) is 9.04. The molecular formula is C15H18IN3S. The number of thiazole rings is 1. The van der Waals surface area contributed by atoms with Gasteiger partial charge in [-0.1, -0.05) is 30.3 Å². The first kappa shape index (κ1) is 15.5. The van der Waals surface area contributed by atoms with Crippen LogP contribution >= 0.6 is 11.3 Å². The Morgan fingerprint density at radius 1 is 1.15 bits per heavy atom. The molecule has 0 amide bonds. The maximum atomic E-state index is 4.80. The van der Waals surface area contributed by atoms with Gasteiger partial charge in [0.15, 0.2) is 4.96 Å². The average molecular weight is 399 g/mol. The van der Waals surface area contributed by atoms with Gasteiger partial charge in [0.05, 0.1) is 26.8 Å². The SMILES string of the molecule is C[N+](C)(C)Cc1c(-c2ccccc2)nc2sccn12.[I-]. The van der Waals surface area contributed by atoms with Crippen LogP contribution in [0.15, 0.2) is 41.9 Å². The van der Waals surface area contributed by atoms with Gasteiger partial charge in [-0.15, -0.1) is 11.3 Å². The lowest BCUT2D eigenvalue weighted by Gasteiger charge is -2.24. The number of aromatic nitrogens is 2. The van der Waals surface area contributed by atoms with Gasteiger partial charge in [0, 0.05) is 17.1 Å². The summed E-state index contributed by atoms with van der Waals surface area (Å²) in [5.74, 6) is 0. The van der Waals surface area contributed by atoms with Gasteiger partial charge in [0.1, 0.15) is 12.2 Å². The molecule has 0 fully saturated rings. The molecule has 0 unspecified atom stereocenters. The molecule has 0 N–H and O–H groups in total. The fourth-order valence-electron chi connectivity index (χ4n) is 2.26. The monoisotopic (exact) mass is 399 g/mol. The van der Waals surface area contributed by atoms with Crippen molar-refractivity contribution in [3.63, 3.8) is 0 Å². The zero-order valence-electron chi connectivity index (χ0n) is 11.9. The summed E-state index contributed by atoms with van der Waals surface area (Å²) < 4.78 is 3.11. The number of rotatable bonds is 3. The van der Waals surface area contributed by atoms with Crippen molar-refractivity contribution in [3.05, 3.63) is 47.6 Å². The van der Waals surface area contributed by atoms with Crippen molar-refractivity contribution in [1.82, 2.24) is 9.38 Å². The summed E-state index contributed by atoms with van der Waals surface area (Å²) in [6, 6.07) is 10.4. The van der Waals surface area contributed by atoms with E-state index in [4.69, 9.17) is 4.98 Å². The first-order valence-electron chi connectivity index (χ1n) is 6.35. The van der Waals surface area contributed by atoms with E-state index in [1.807, 2.05) is 6.07 Å². The van der Waals surface area contributed by atoms with Gasteiger partial charge in [0.25, 0.3) is 0 Å². The highest BCUT2D eigenvalue weighted by Gasteiger charge is 2.20. The number of benzene rings is 1. The highest BCUT2D eigenvalue weighted by molar-refractivity contribution is 7.15. The Morgan fingerprint density at radius 2 is 1.85 bits per heavy atom. The molecule has 0 aliphatic rings. The Balaban J connectivity index is 0.00000147. The van der Waals surface area contributed by atoms with E-state index in [2.05, 4.69) is 61.4 Å². The van der Waals surface area contributed by atoms with Crippen molar-refractivity contribution in [2.75, 3.05) is 21.1 Å². The average Bonchev–Trinajstić information content (AvgIpc) is 2.92. The van der Waals surface area contributed by atoms with Gasteiger partial charge in [0.2, 0.25) is 0 Å². The lowest BCUT2D eigenvalue weighted by molar-refractivity contribution is -0.884. The molecule has 0 aliphatic heterocycles. The maximum Gasteiger partial charge on any atom is 0.194 e. The lowest BCUT2D eigenvalue weighted by atomic mass is 10.1. The van der Waals surface area contributed by atoms with Gasteiger partial charge >= 0.3 is 0 Å². The minimum absolute atomic E-state index is 0. The van der Waals surface area contributed by atoms with Crippen molar-refractivity contribution >= 4 is 16.3 Å². The fourth-order valence-corrected chi connectivity index (χ4v) is 2.99. The number of imidazole rings is 1. The van der Waals surface area contributed by atoms with E-state index in [9.17, 15) is 0 Å². The second kappa shape index (κ2) is 5.83. The van der Waals surface area contributed by atoms with Crippen LogP contribution in [-0.4, -0.2) is 35.0 Å². The second-order valence-electron chi connectivity index (χ2n) is 5.78. The molecule has 2 aromatic heterocycles. The van der Waals surface area contributed by atoms with Crippen LogP contribution in [0.5, 0.6) is 0 Å². The molecule has 0 radical (unpaired) electrons. The molecule has 20 heavy (non-hydrogen) atoms. The third-order valence-electron chi connectivity index (χ3n) is 3.03. The van der Waals surface area contributed by atoms with Gasteiger partial charge in [-0.3, -0.25) is 4.40 Å². The fraction of sp³-hybridized carbons (Fsp3) is 0.267. The Labute approximate surface area is 140 Å². The van der Waals surface area contributed by atoms with E-state index in [1.165, 1.54) is 11.3 Å². The van der Waals surface area contributed by atoms with Crippen molar-refractivity contribution in [3.8, 4) is 11.3 Å². The number of nitrogens with zero attached hydrogens (tertiary/aromatic N) is 3. The summed E-state index contributed by atoms with van der Waals surface area (Å²) in [6.07, 6.45) is 2.12. The maximum absolute atomic E-state index is 4.80. The van der Waals surface area contributed by atoms with E-state index in [0.29, 0.717) is 0 Å². The molecule has 1 aromatic carbocycles. The first-order valence-corrected chi connectivity index (χ1v) is 7.23. The Bertz CT molecular complexity index is 695. The molecule has 2 heterocycles. The summed E-state index contributed by atoms with van der Waals surface area (Å²) in [6.45, 7) is 0.960. The second-order valence-corrected chi connectivity index (χ2v) is 6.65. The van der Waals surface area contributed by atoms with E-state index in [1.54, 1.807) is 11.3 Å². The topological polar surface area (TPSA) is 17.3 Å². The summed E-state index contributed by atoms with van der Waals surface area (Å²) in [5.41, 5.74) is 3.59. The van der Waals surface area contributed by atoms with Crippen LogP contribution in [0, 0.1) is 0 Å². The van der Waals surface area contributed by atoms with Crippen LogP contribution in [0.4, 0.5) is 0 Å². The Kier molecular flexibility index (Phi) is 4.51. The van der Waals surface area contributed by atoms with Crippen molar-refractivity contribution in [2.45, 2.75) is 6.54 Å². The van der Waals surface area contributed by atoms with Crippen LogP contribution < -0.4 is 24.0 Å². The van der Waals surface area contributed by atoms with Crippen LogP contribution in [0.3, 0.4) is 0 Å². The number of fused-ring (bicyclic) bond motifs is 1. The molecule has 0 atom stereocenters. The molecule has 3 aromatic rings. The molecule has 0 saturated heterocycles. The molecule has 0 saturated carbocycles. The van der Waals surface area contributed by atoms with Gasteiger partial charge in [-0.2, -0.15) is 0 Å². The minimum atomic E-state index is 0. The number of hydrogen-bond donors (Lipinski definition) is 0. The highest BCUT2D eigenvalue weighted by atomic mass is 127. The molecule has 3 nitrogen and oxygen atoms in total. The summed E-state index contributed by atoms with van der Waals surface area (Å²) >= 11 is 1.69. The Hall–Kier alpha value is -0.920. The van der Waals surface area contributed by atoms with E-state index in [0.717, 1.165) is 21.7 Å². The van der Waals surface area contributed by atoms with E-state index >= 15 is 0 Å².